The van der Waals surface area contributed by atoms with Crippen LogP contribution < -0.4 is 5.73 Å². The number of nitrogens with zero attached hydrogens (tertiary/aromatic N) is 2. The Kier molecular flexibility index (Phi) is 3.52. The Labute approximate surface area is 103 Å². The molecule has 0 unspecified atom stereocenters. The molecule has 1 saturated carbocycles. The van der Waals surface area contributed by atoms with Crippen molar-refractivity contribution in [3.05, 3.63) is 11.7 Å². The third kappa shape index (κ3) is 2.86. The van der Waals surface area contributed by atoms with Gasteiger partial charge >= 0.3 is 0 Å². The van der Waals surface area contributed by atoms with Gasteiger partial charge in [0.05, 0.1) is 0 Å². The molecule has 96 valence electrons. The van der Waals surface area contributed by atoms with E-state index in [1.165, 1.54) is 12.8 Å². The first-order valence-corrected chi connectivity index (χ1v) is 6.55. The van der Waals surface area contributed by atoms with Crippen LogP contribution in [0.25, 0.3) is 0 Å². The molecule has 1 heterocycles. The van der Waals surface area contributed by atoms with Crippen molar-refractivity contribution in [1.29, 1.82) is 0 Å². The zero-order valence-corrected chi connectivity index (χ0v) is 11.1. The van der Waals surface area contributed by atoms with Crippen LogP contribution in [0.1, 0.15) is 64.1 Å². The van der Waals surface area contributed by atoms with Crippen LogP contribution in [-0.2, 0) is 5.41 Å². The average molecular weight is 237 g/mol. The van der Waals surface area contributed by atoms with Crippen LogP contribution in [0, 0.1) is 5.92 Å². The summed E-state index contributed by atoms with van der Waals surface area (Å²) < 4.78 is 5.41. The Bertz CT molecular complexity index is 359. The van der Waals surface area contributed by atoms with Gasteiger partial charge in [0.15, 0.2) is 5.82 Å². The van der Waals surface area contributed by atoms with E-state index in [4.69, 9.17) is 10.3 Å². The van der Waals surface area contributed by atoms with Crippen molar-refractivity contribution < 1.29 is 4.52 Å². The first-order chi connectivity index (χ1) is 8.00. The van der Waals surface area contributed by atoms with Gasteiger partial charge in [-0.05, 0) is 38.1 Å². The van der Waals surface area contributed by atoms with Gasteiger partial charge in [0, 0.05) is 11.3 Å². The SMILES string of the molecule is CC(C)(C)c1noc(C2CCC(CN)CC2)n1. The van der Waals surface area contributed by atoms with Gasteiger partial charge in [0.1, 0.15) is 0 Å². The maximum absolute atomic E-state index is 5.70. The first-order valence-electron chi connectivity index (χ1n) is 6.55. The number of nitrogens with two attached hydrogens (primary N) is 1. The molecule has 1 aliphatic carbocycles. The van der Waals surface area contributed by atoms with Gasteiger partial charge in [0.2, 0.25) is 5.89 Å². The van der Waals surface area contributed by atoms with E-state index in [1.54, 1.807) is 0 Å². The minimum Gasteiger partial charge on any atom is -0.339 e. The predicted molar refractivity (Wildman–Crippen MR) is 66.8 cm³/mol. The fourth-order valence-corrected chi connectivity index (χ4v) is 2.35. The molecule has 2 rings (SSSR count). The molecule has 1 aliphatic rings. The molecule has 0 bridgehead atoms. The van der Waals surface area contributed by atoms with Crippen molar-refractivity contribution in [3.8, 4) is 0 Å². The molecule has 1 fully saturated rings. The highest BCUT2D eigenvalue weighted by molar-refractivity contribution is 5.03. The third-order valence-corrected chi connectivity index (χ3v) is 3.64. The number of aromatic nitrogens is 2. The van der Waals surface area contributed by atoms with Gasteiger partial charge in [-0.25, -0.2) is 0 Å². The quantitative estimate of drug-likeness (QED) is 0.858. The van der Waals surface area contributed by atoms with Crippen molar-refractivity contribution in [2.24, 2.45) is 11.7 Å². The summed E-state index contributed by atoms with van der Waals surface area (Å²) in [5, 5.41) is 4.09. The zero-order chi connectivity index (χ0) is 12.5. The molecule has 0 atom stereocenters. The van der Waals surface area contributed by atoms with Crippen molar-refractivity contribution in [3.63, 3.8) is 0 Å². The smallest absolute Gasteiger partial charge is 0.229 e. The largest absolute Gasteiger partial charge is 0.339 e. The van der Waals surface area contributed by atoms with E-state index in [0.717, 1.165) is 31.1 Å². The summed E-state index contributed by atoms with van der Waals surface area (Å²) in [5.41, 5.74) is 5.67. The van der Waals surface area contributed by atoms with Crippen LogP contribution in [0.3, 0.4) is 0 Å². The molecule has 0 amide bonds. The first kappa shape index (κ1) is 12.6. The Morgan fingerprint density at radius 2 is 1.88 bits per heavy atom. The van der Waals surface area contributed by atoms with E-state index in [9.17, 15) is 0 Å². The van der Waals surface area contributed by atoms with Gasteiger partial charge in [0.25, 0.3) is 0 Å². The lowest BCUT2D eigenvalue weighted by Gasteiger charge is -2.25. The lowest BCUT2D eigenvalue weighted by atomic mass is 9.82. The molecule has 1 aromatic rings. The van der Waals surface area contributed by atoms with Gasteiger partial charge < -0.3 is 10.3 Å². The molecule has 4 nitrogen and oxygen atoms in total. The lowest BCUT2D eigenvalue weighted by molar-refractivity contribution is 0.273. The molecular weight excluding hydrogens is 214 g/mol. The second kappa shape index (κ2) is 4.77. The van der Waals surface area contributed by atoms with E-state index in [2.05, 4.69) is 30.9 Å². The summed E-state index contributed by atoms with van der Waals surface area (Å²) >= 11 is 0. The van der Waals surface area contributed by atoms with Crippen LogP contribution in [0.2, 0.25) is 0 Å². The van der Waals surface area contributed by atoms with Crippen LogP contribution in [0.4, 0.5) is 0 Å². The average Bonchev–Trinajstić information content (AvgIpc) is 2.78. The molecule has 17 heavy (non-hydrogen) atoms. The van der Waals surface area contributed by atoms with Gasteiger partial charge in [-0.2, -0.15) is 4.98 Å². The zero-order valence-electron chi connectivity index (χ0n) is 11.1. The molecule has 0 aromatic carbocycles. The highest BCUT2D eigenvalue weighted by Crippen LogP contribution is 2.35. The monoisotopic (exact) mass is 237 g/mol. The highest BCUT2D eigenvalue weighted by Gasteiger charge is 2.28. The van der Waals surface area contributed by atoms with Crippen molar-refractivity contribution in [1.82, 2.24) is 10.1 Å². The van der Waals surface area contributed by atoms with E-state index in [0.29, 0.717) is 11.8 Å². The Hall–Kier alpha value is -0.900. The normalized spacial score (nSPS) is 26.1. The lowest BCUT2D eigenvalue weighted by Crippen LogP contribution is -2.21. The number of rotatable bonds is 2. The molecule has 0 saturated heterocycles. The second-order valence-corrected chi connectivity index (χ2v) is 6.16. The minimum absolute atomic E-state index is 0.0315. The Balaban J connectivity index is 2.02. The fourth-order valence-electron chi connectivity index (χ4n) is 2.35. The Morgan fingerprint density at radius 1 is 1.24 bits per heavy atom. The maximum Gasteiger partial charge on any atom is 0.229 e. The molecular formula is C13H23N3O. The van der Waals surface area contributed by atoms with E-state index in [-0.39, 0.29) is 5.41 Å². The van der Waals surface area contributed by atoms with E-state index in [1.807, 2.05) is 0 Å². The maximum atomic E-state index is 5.70. The standard InChI is InChI=1S/C13H23N3O/c1-13(2,3)12-15-11(17-16-12)10-6-4-9(8-14)5-7-10/h9-10H,4-8,14H2,1-3H3. The molecule has 1 aromatic heterocycles. The second-order valence-electron chi connectivity index (χ2n) is 6.16. The summed E-state index contributed by atoms with van der Waals surface area (Å²) in [6.45, 7) is 7.12. The fraction of sp³-hybridized carbons (Fsp3) is 0.846. The summed E-state index contributed by atoms with van der Waals surface area (Å²) in [6, 6.07) is 0. The molecule has 2 N–H and O–H groups in total. The minimum atomic E-state index is -0.0315. The third-order valence-electron chi connectivity index (χ3n) is 3.64. The predicted octanol–water partition coefficient (Wildman–Crippen LogP) is 2.60. The molecule has 0 radical (unpaired) electrons. The van der Waals surface area contributed by atoms with Gasteiger partial charge in [-0.3, -0.25) is 0 Å². The van der Waals surface area contributed by atoms with Gasteiger partial charge in [-0.15, -0.1) is 0 Å². The van der Waals surface area contributed by atoms with E-state index >= 15 is 0 Å². The van der Waals surface area contributed by atoms with Crippen molar-refractivity contribution >= 4 is 0 Å². The number of hydrogen-bond donors (Lipinski definition) is 1. The van der Waals surface area contributed by atoms with E-state index < -0.39 is 0 Å². The summed E-state index contributed by atoms with van der Waals surface area (Å²) in [4.78, 5) is 4.55. The van der Waals surface area contributed by atoms with Crippen LogP contribution in [-0.4, -0.2) is 16.7 Å². The summed E-state index contributed by atoms with van der Waals surface area (Å²) in [5.74, 6) is 2.77. The van der Waals surface area contributed by atoms with Crippen LogP contribution >= 0.6 is 0 Å². The topological polar surface area (TPSA) is 64.9 Å². The number of hydrogen-bond acceptors (Lipinski definition) is 4. The van der Waals surface area contributed by atoms with Crippen molar-refractivity contribution in [2.75, 3.05) is 6.54 Å². The summed E-state index contributed by atoms with van der Waals surface area (Å²) in [7, 11) is 0. The highest BCUT2D eigenvalue weighted by atomic mass is 16.5. The molecule has 0 spiro atoms. The molecule has 4 heteroatoms. The van der Waals surface area contributed by atoms with Crippen molar-refractivity contribution in [2.45, 2.75) is 57.8 Å². The summed E-state index contributed by atoms with van der Waals surface area (Å²) in [6.07, 6.45) is 4.64. The van der Waals surface area contributed by atoms with Gasteiger partial charge in [-0.1, -0.05) is 25.9 Å². The molecule has 0 aliphatic heterocycles. The Morgan fingerprint density at radius 3 is 2.35 bits per heavy atom. The van der Waals surface area contributed by atoms with Crippen LogP contribution in [0.5, 0.6) is 0 Å². The van der Waals surface area contributed by atoms with Crippen LogP contribution in [0.15, 0.2) is 4.52 Å².